The molecule has 1 amide bonds. The number of carbonyl (C=O) groups is 1. The molecule has 0 unspecified atom stereocenters. The minimum atomic E-state index is 0.129. The van der Waals surface area contributed by atoms with Crippen LogP contribution in [0.15, 0.2) is 48.0 Å². The number of benzene rings is 1. The number of aryl methyl sites for hydroxylation is 2. The molecule has 5 heteroatoms. The fourth-order valence-electron chi connectivity index (χ4n) is 3.51. The molecule has 1 aliphatic rings. The summed E-state index contributed by atoms with van der Waals surface area (Å²) in [6, 6.07) is 12.2. The molecule has 0 bridgehead atoms. The lowest BCUT2D eigenvalue weighted by molar-refractivity contribution is -0.118. The van der Waals surface area contributed by atoms with Gasteiger partial charge in [0.15, 0.2) is 0 Å². The zero-order chi connectivity index (χ0) is 17.9. The molecule has 0 saturated carbocycles. The molecular formula is C21H21N3OS. The third-order valence-electron chi connectivity index (χ3n) is 4.75. The summed E-state index contributed by atoms with van der Waals surface area (Å²) in [6.07, 6.45) is 5.10. The molecule has 4 nitrogen and oxygen atoms in total. The summed E-state index contributed by atoms with van der Waals surface area (Å²) in [7, 11) is 0. The SMILES string of the molecule is CCc1cccc2c1N(C(=O)Cc1csc(-c3ccccn3)n1)CCC2. The van der Waals surface area contributed by atoms with Crippen molar-refractivity contribution in [2.24, 2.45) is 0 Å². The van der Waals surface area contributed by atoms with E-state index in [1.54, 1.807) is 17.5 Å². The molecule has 2 aromatic heterocycles. The number of para-hydroxylation sites is 1. The van der Waals surface area contributed by atoms with Crippen LogP contribution in [0.5, 0.6) is 0 Å². The number of fused-ring (bicyclic) bond motifs is 1. The fourth-order valence-corrected chi connectivity index (χ4v) is 4.31. The Morgan fingerprint density at radius 2 is 2.15 bits per heavy atom. The van der Waals surface area contributed by atoms with Crippen molar-refractivity contribution in [1.82, 2.24) is 9.97 Å². The van der Waals surface area contributed by atoms with E-state index in [0.717, 1.165) is 47.9 Å². The summed E-state index contributed by atoms with van der Waals surface area (Å²) in [5.41, 5.74) is 5.35. The van der Waals surface area contributed by atoms with Gasteiger partial charge in [-0.3, -0.25) is 9.78 Å². The third-order valence-corrected chi connectivity index (χ3v) is 5.66. The first-order chi connectivity index (χ1) is 12.8. The van der Waals surface area contributed by atoms with Crippen LogP contribution in [0.2, 0.25) is 0 Å². The van der Waals surface area contributed by atoms with Gasteiger partial charge in [-0.1, -0.05) is 31.2 Å². The third kappa shape index (κ3) is 3.27. The van der Waals surface area contributed by atoms with E-state index in [2.05, 4.69) is 35.1 Å². The van der Waals surface area contributed by atoms with Crippen molar-refractivity contribution in [2.75, 3.05) is 11.4 Å². The maximum atomic E-state index is 13.0. The Hall–Kier alpha value is -2.53. The van der Waals surface area contributed by atoms with Crippen LogP contribution in [0, 0.1) is 0 Å². The van der Waals surface area contributed by atoms with Crippen LogP contribution in [0.25, 0.3) is 10.7 Å². The summed E-state index contributed by atoms with van der Waals surface area (Å²) >= 11 is 1.54. The van der Waals surface area contributed by atoms with Gasteiger partial charge in [0.1, 0.15) is 5.01 Å². The molecule has 0 aliphatic carbocycles. The van der Waals surface area contributed by atoms with Crippen LogP contribution >= 0.6 is 11.3 Å². The first-order valence-electron chi connectivity index (χ1n) is 9.03. The molecule has 0 N–H and O–H groups in total. The minimum absolute atomic E-state index is 0.129. The van der Waals surface area contributed by atoms with Gasteiger partial charge in [0.2, 0.25) is 5.91 Å². The number of thiazole rings is 1. The highest BCUT2D eigenvalue weighted by molar-refractivity contribution is 7.13. The average molecular weight is 363 g/mol. The normalized spacial score (nSPS) is 13.5. The minimum Gasteiger partial charge on any atom is -0.312 e. The highest BCUT2D eigenvalue weighted by Gasteiger charge is 2.25. The van der Waals surface area contributed by atoms with Gasteiger partial charge in [0.25, 0.3) is 0 Å². The molecule has 0 spiro atoms. The Morgan fingerprint density at radius 1 is 1.23 bits per heavy atom. The summed E-state index contributed by atoms with van der Waals surface area (Å²) in [5.74, 6) is 0.129. The molecule has 132 valence electrons. The summed E-state index contributed by atoms with van der Waals surface area (Å²) in [4.78, 5) is 23.9. The molecule has 26 heavy (non-hydrogen) atoms. The molecule has 1 aromatic carbocycles. The summed E-state index contributed by atoms with van der Waals surface area (Å²) in [6.45, 7) is 2.94. The number of carbonyl (C=O) groups excluding carboxylic acids is 1. The second-order valence-electron chi connectivity index (χ2n) is 6.46. The number of rotatable bonds is 4. The zero-order valence-corrected chi connectivity index (χ0v) is 15.6. The van der Waals surface area contributed by atoms with E-state index in [1.807, 2.05) is 28.5 Å². The van der Waals surface area contributed by atoms with Crippen LogP contribution in [-0.2, 0) is 24.1 Å². The first kappa shape index (κ1) is 16.9. The van der Waals surface area contributed by atoms with Gasteiger partial charge in [0.05, 0.1) is 17.8 Å². The van der Waals surface area contributed by atoms with Crippen molar-refractivity contribution in [1.29, 1.82) is 0 Å². The Morgan fingerprint density at radius 3 is 2.96 bits per heavy atom. The number of amides is 1. The second-order valence-corrected chi connectivity index (χ2v) is 7.32. The molecule has 1 aliphatic heterocycles. The standard InChI is InChI=1S/C21H21N3OS/c1-2-15-7-5-8-16-9-6-12-24(20(15)16)19(25)13-17-14-26-21(23-17)18-10-3-4-11-22-18/h3-5,7-8,10-11,14H,2,6,9,12-13H2,1H3. The Labute approximate surface area is 157 Å². The summed E-state index contributed by atoms with van der Waals surface area (Å²) < 4.78 is 0. The molecule has 4 rings (SSSR count). The predicted octanol–water partition coefficient (Wildman–Crippen LogP) is 4.29. The number of hydrogen-bond acceptors (Lipinski definition) is 4. The molecule has 0 saturated heterocycles. The maximum absolute atomic E-state index is 13.0. The van der Waals surface area contributed by atoms with E-state index < -0.39 is 0 Å². The second kappa shape index (κ2) is 7.38. The van der Waals surface area contributed by atoms with Crippen molar-refractivity contribution in [2.45, 2.75) is 32.6 Å². The van der Waals surface area contributed by atoms with Crippen LogP contribution in [0.1, 0.15) is 30.2 Å². The number of anilines is 1. The number of pyridine rings is 1. The first-order valence-corrected chi connectivity index (χ1v) is 9.91. The number of hydrogen-bond donors (Lipinski definition) is 0. The van der Waals surface area contributed by atoms with Crippen LogP contribution in [-0.4, -0.2) is 22.4 Å². The van der Waals surface area contributed by atoms with Crippen molar-refractivity contribution in [3.63, 3.8) is 0 Å². The zero-order valence-electron chi connectivity index (χ0n) is 14.8. The number of nitrogens with zero attached hydrogens (tertiary/aromatic N) is 3. The van der Waals surface area contributed by atoms with Crippen molar-refractivity contribution in [3.8, 4) is 10.7 Å². The maximum Gasteiger partial charge on any atom is 0.233 e. The van der Waals surface area contributed by atoms with Crippen LogP contribution in [0.3, 0.4) is 0 Å². The van der Waals surface area contributed by atoms with Crippen LogP contribution < -0.4 is 4.90 Å². The topological polar surface area (TPSA) is 46.1 Å². The highest BCUT2D eigenvalue weighted by Crippen LogP contribution is 2.32. The Bertz CT molecular complexity index is 906. The number of aromatic nitrogens is 2. The van der Waals surface area contributed by atoms with Crippen molar-refractivity contribution in [3.05, 3.63) is 64.8 Å². The fraction of sp³-hybridized carbons (Fsp3) is 0.286. The van der Waals surface area contributed by atoms with Crippen LogP contribution in [0.4, 0.5) is 5.69 Å². The van der Waals surface area contributed by atoms with E-state index in [0.29, 0.717) is 6.42 Å². The predicted molar refractivity (Wildman–Crippen MR) is 106 cm³/mol. The van der Waals surface area contributed by atoms with E-state index >= 15 is 0 Å². The van der Waals surface area contributed by atoms with Gasteiger partial charge in [-0.05, 0) is 42.5 Å². The van der Waals surface area contributed by atoms with E-state index in [1.165, 1.54) is 11.1 Å². The van der Waals surface area contributed by atoms with Crippen molar-refractivity contribution >= 4 is 22.9 Å². The van der Waals surface area contributed by atoms with Gasteiger partial charge in [-0.25, -0.2) is 4.98 Å². The van der Waals surface area contributed by atoms with E-state index in [-0.39, 0.29) is 5.91 Å². The smallest absolute Gasteiger partial charge is 0.233 e. The van der Waals surface area contributed by atoms with Gasteiger partial charge in [0, 0.05) is 23.8 Å². The van der Waals surface area contributed by atoms with E-state index in [9.17, 15) is 4.79 Å². The summed E-state index contributed by atoms with van der Waals surface area (Å²) in [5, 5.41) is 2.83. The van der Waals surface area contributed by atoms with Gasteiger partial charge >= 0.3 is 0 Å². The molecule has 0 fully saturated rings. The highest BCUT2D eigenvalue weighted by atomic mass is 32.1. The van der Waals surface area contributed by atoms with Crippen molar-refractivity contribution < 1.29 is 4.79 Å². The lowest BCUT2D eigenvalue weighted by Gasteiger charge is -2.31. The lowest BCUT2D eigenvalue weighted by atomic mass is 9.96. The van der Waals surface area contributed by atoms with Gasteiger partial charge in [-0.15, -0.1) is 11.3 Å². The quantitative estimate of drug-likeness (QED) is 0.695. The lowest BCUT2D eigenvalue weighted by Crippen LogP contribution is -2.37. The monoisotopic (exact) mass is 363 g/mol. The largest absolute Gasteiger partial charge is 0.312 e. The molecule has 0 radical (unpaired) electrons. The van der Waals surface area contributed by atoms with Gasteiger partial charge in [-0.2, -0.15) is 0 Å². The molecular weight excluding hydrogens is 342 g/mol. The molecule has 3 heterocycles. The molecule has 3 aromatic rings. The average Bonchev–Trinajstić information content (AvgIpc) is 3.16. The van der Waals surface area contributed by atoms with E-state index in [4.69, 9.17) is 0 Å². The Balaban J connectivity index is 1.56. The molecule has 0 atom stereocenters. The van der Waals surface area contributed by atoms with Gasteiger partial charge < -0.3 is 4.90 Å². The Kier molecular flexibility index (Phi) is 4.80.